The summed E-state index contributed by atoms with van der Waals surface area (Å²) in [6, 6.07) is 0. The Kier molecular flexibility index (Phi) is 6.15. The van der Waals surface area contributed by atoms with Crippen LogP contribution in [0.2, 0.25) is 0 Å². The number of rotatable bonds is 7. The lowest BCUT2D eigenvalue weighted by molar-refractivity contribution is -0.121. The number of aryl methyl sites for hydroxylation is 2. The number of thiazole rings is 1. The molecule has 0 bridgehead atoms. The lowest BCUT2D eigenvalue weighted by atomic mass is 10.3. The molecule has 0 fully saturated rings. The Labute approximate surface area is 107 Å². The van der Waals surface area contributed by atoms with E-state index in [1.807, 2.05) is 26.4 Å². The van der Waals surface area contributed by atoms with E-state index < -0.39 is 0 Å². The van der Waals surface area contributed by atoms with Gasteiger partial charge in [-0.3, -0.25) is 4.79 Å². The van der Waals surface area contributed by atoms with E-state index in [9.17, 15) is 4.79 Å². The van der Waals surface area contributed by atoms with Crippen molar-refractivity contribution >= 4 is 17.2 Å². The van der Waals surface area contributed by atoms with Crippen molar-refractivity contribution in [1.29, 1.82) is 0 Å². The van der Waals surface area contributed by atoms with Crippen molar-refractivity contribution in [1.82, 2.24) is 15.2 Å². The second kappa shape index (κ2) is 7.40. The molecule has 0 spiro atoms. The Morgan fingerprint density at radius 1 is 1.53 bits per heavy atom. The number of nitrogens with zero attached hydrogens (tertiary/aromatic N) is 2. The van der Waals surface area contributed by atoms with Crippen LogP contribution in [0.25, 0.3) is 0 Å². The highest BCUT2D eigenvalue weighted by Gasteiger charge is 2.04. The van der Waals surface area contributed by atoms with Gasteiger partial charge in [-0.15, -0.1) is 11.3 Å². The molecule has 5 heteroatoms. The van der Waals surface area contributed by atoms with Crippen molar-refractivity contribution in [3.63, 3.8) is 0 Å². The summed E-state index contributed by atoms with van der Waals surface area (Å²) in [4.78, 5) is 18.0. The molecule has 0 unspecified atom stereocenters. The van der Waals surface area contributed by atoms with Crippen LogP contribution in [0, 0.1) is 6.92 Å². The average molecular weight is 255 g/mol. The van der Waals surface area contributed by atoms with Crippen LogP contribution in [-0.2, 0) is 11.2 Å². The van der Waals surface area contributed by atoms with E-state index in [2.05, 4.69) is 15.2 Å². The molecule has 1 amide bonds. The molecular formula is C12H21N3OS. The van der Waals surface area contributed by atoms with E-state index in [1.165, 1.54) is 0 Å². The topological polar surface area (TPSA) is 45.2 Å². The smallest absolute Gasteiger partial charge is 0.220 e. The molecule has 0 radical (unpaired) electrons. The molecule has 0 aromatic carbocycles. The largest absolute Gasteiger partial charge is 0.356 e. The average Bonchev–Trinajstić information content (AvgIpc) is 2.67. The summed E-state index contributed by atoms with van der Waals surface area (Å²) in [7, 11) is 4.07. The quantitative estimate of drug-likeness (QED) is 0.750. The zero-order valence-electron chi connectivity index (χ0n) is 10.8. The van der Waals surface area contributed by atoms with Crippen LogP contribution < -0.4 is 5.32 Å². The fourth-order valence-corrected chi connectivity index (χ4v) is 2.23. The first kappa shape index (κ1) is 14.1. The van der Waals surface area contributed by atoms with Gasteiger partial charge in [0.25, 0.3) is 0 Å². The lowest BCUT2D eigenvalue weighted by Gasteiger charge is -2.09. The van der Waals surface area contributed by atoms with Crippen molar-refractivity contribution in [3.8, 4) is 0 Å². The number of hydrogen-bond acceptors (Lipinski definition) is 4. The van der Waals surface area contributed by atoms with Crippen LogP contribution in [0.15, 0.2) is 5.38 Å². The standard InChI is InChI=1S/C12H21N3OS/c1-10-9-17-12(14-10)6-5-11(16)13-7-4-8-15(2)3/h9H,4-8H2,1-3H3,(H,13,16). The molecule has 1 heterocycles. The number of carbonyl (C=O) groups excluding carboxylic acids is 1. The first-order chi connectivity index (χ1) is 8.08. The normalized spacial score (nSPS) is 10.8. The number of hydrogen-bond donors (Lipinski definition) is 1. The van der Waals surface area contributed by atoms with Crippen LogP contribution in [0.5, 0.6) is 0 Å². The molecule has 0 aliphatic carbocycles. The molecule has 1 aromatic rings. The number of aromatic nitrogens is 1. The SMILES string of the molecule is Cc1csc(CCC(=O)NCCCN(C)C)n1. The van der Waals surface area contributed by atoms with E-state index in [0.29, 0.717) is 6.42 Å². The second-order valence-corrected chi connectivity index (χ2v) is 5.33. The van der Waals surface area contributed by atoms with E-state index in [4.69, 9.17) is 0 Å². The van der Waals surface area contributed by atoms with Crippen LogP contribution in [0.1, 0.15) is 23.5 Å². The van der Waals surface area contributed by atoms with Gasteiger partial charge in [-0.25, -0.2) is 4.98 Å². The van der Waals surface area contributed by atoms with Crippen molar-refractivity contribution < 1.29 is 4.79 Å². The van der Waals surface area contributed by atoms with Crippen LogP contribution in [0.3, 0.4) is 0 Å². The molecule has 0 saturated carbocycles. The monoisotopic (exact) mass is 255 g/mol. The van der Waals surface area contributed by atoms with Gasteiger partial charge in [0.05, 0.1) is 5.01 Å². The zero-order valence-corrected chi connectivity index (χ0v) is 11.6. The zero-order chi connectivity index (χ0) is 12.7. The van der Waals surface area contributed by atoms with Crippen molar-refractivity contribution in [2.24, 2.45) is 0 Å². The van der Waals surface area contributed by atoms with Gasteiger partial charge in [0, 0.05) is 30.5 Å². The van der Waals surface area contributed by atoms with Crippen LogP contribution in [-0.4, -0.2) is 43.0 Å². The summed E-state index contributed by atoms with van der Waals surface area (Å²) in [6.07, 6.45) is 2.28. The molecule has 0 aliphatic rings. The summed E-state index contributed by atoms with van der Waals surface area (Å²) in [5.41, 5.74) is 1.04. The van der Waals surface area contributed by atoms with Gasteiger partial charge < -0.3 is 10.2 Å². The van der Waals surface area contributed by atoms with Crippen molar-refractivity contribution in [3.05, 3.63) is 16.1 Å². The maximum Gasteiger partial charge on any atom is 0.220 e. The van der Waals surface area contributed by atoms with Gasteiger partial charge in [0.15, 0.2) is 0 Å². The van der Waals surface area contributed by atoms with E-state index in [0.717, 1.165) is 36.6 Å². The van der Waals surface area contributed by atoms with Gasteiger partial charge in [-0.2, -0.15) is 0 Å². The summed E-state index contributed by atoms with van der Waals surface area (Å²) in [5.74, 6) is 0.122. The first-order valence-corrected chi connectivity index (χ1v) is 6.78. The molecule has 0 aliphatic heterocycles. The Hall–Kier alpha value is -0.940. The second-order valence-electron chi connectivity index (χ2n) is 4.39. The third-order valence-electron chi connectivity index (χ3n) is 2.34. The third-order valence-corrected chi connectivity index (χ3v) is 3.36. The Bertz CT molecular complexity index is 349. The molecule has 17 heavy (non-hydrogen) atoms. The molecule has 4 nitrogen and oxygen atoms in total. The summed E-state index contributed by atoms with van der Waals surface area (Å²) < 4.78 is 0. The molecule has 1 rings (SSSR count). The minimum Gasteiger partial charge on any atom is -0.356 e. The van der Waals surface area contributed by atoms with Crippen molar-refractivity contribution in [2.45, 2.75) is 26.2 Å². The summed E-state index contributed by atoms with van der Waals surface area (Å²) in [5, 5.41) is 5.99. The predicted octanol–water partition coefficient (Wildman–Crippen LogP) is 1.45. The van der Waals surface area contributed by atoms with Gasteiger partial charge in [-0.05, 0) is 34.0 Å². The highest BCUT2D eigenvalue weighted by atomic mass is 32.1. The molecular weight excluding hydrogens is 234 g/mol. The lowest BCUT2D eigenvalue weighted by Crippen LogP contribution is -2.27. The van der Waals surface area contributed by atoms with Gasteiger partial charge in [-0.1, -0.05) is 0 Å². The number of carbonyl (C=O) groups is 1. The van der Waals surface area contributed by atoms with Crippen LogP contribution >= 0.6 is 11.3 Å². The highest BCUT2D eigenvalue weighted by molar-refractivity contribution is 7.09. The predicted molar refractivity (Wildman–Crippen MR) is 71.4 cm³/mol. The fraction of sp³-hybridized carbons (Fsp3) is 0.667. The van der Waals surface area contributed by atoms with E-state index in [-0.39, 0.29) is 5.91 Å². The highest BCUT2D eigenvalue weighted by Crippen LogP contribution is 2.10. The summed E-state index contributed by atoms with van der Waals surface area (Å²) >= 11 is 1.63. The van der Waals surface area contributed by atoms with Gasteiger partial charge >= 0.3 is 0 Å². The Balaban J connectivity index is 2.09. The minimum absolute atomic E-state index is 0.122. The molecule has 96 valence electrons. The molecule has 1 N–H and O–H groups in total. The molecule has 0 atom stereocenters. The maximum absolute atomic E-state index is 11.5. The minimum atomic E-state index is 0.122. The van der Waals surface area contributed by atoms with Crippen molar-refractivity contribution in [2.75, 3.05) is 27.2 Å². The summed E-state index contributed by atoms with van der Waals surface area (Å²) in [6.45, 7) is 3.74. The van der Waals surface area contributed by atoms with Gasteiger partial charge in [0.2, 0.25) is 5.91 Å². The molecule has 1 aromatic heterocycles. The first-order valence-electron chi connectivity index (χ1n) is 5.90. The van der Waals surface area contributed by atoms with Gasteiger partial charge in [0.1, 0.15) is 0 Å². The van der Waals surface area contributed by atoms with E-state index in [1.54, 1.807) is 11.3 Å². The van der Waals surface area contributed by atoms with E-state index >= 15 is 0 Å². The number of nitrogens with one attached hydrogen (secondary N) is 1. The third kappa shape index (κ3) is 6.38. The molecule has 0 saturated heterocycles. The van der Waals surface area contributed by atoms with Crippen LogP contribution in [0.4, 0.5) is 0 Å². The Morgan fingerprint density at radius 2 is 2.29 bits per heavy atom. The Morgan fingerprint density at radius 3 is 2.88 bits per heavy atom. The maximum atomic E-state index is 11.5. The number of amides is 1. The fourth-order valence-electron chi connectivity index (χ4n) is 1.45.